The molecule has 1 rings (SSSR count). The minimum absolute atomic E-state index is 0.249. The number of nitrogens with two attached hydrogens (primary N) is 1. The zero-order valence-electron chi connectivity index (χ0n) is 11.4. The molecule has 0 saturated heterocycles. The van der Waals surface area contributed by atoms with Gasteiger partial charge in [0.2, 0.25) is 0 Å². The quantitative estimate of drug-likeness (QED) is 0.439. The van der Waals surface area contributed by atoms with E-state index in [1.165, 1.54) is 38.5 Å². The molecule has 1 aliphatic rings. The summed E-state index contributed by atoms with van der Waals surface area (Å²) in [4.78, 5) is 2.41. The van der Waals surface area contributed by atoms with Crippen LogP contribution < -0.4 is 11.3 Å². The van der Waals surface area contributed by atoms with E-state index >= 15 is 0 Å². The highest BCUT2D eigenvalue weighted by molar-refractivity contribution is 5.00. The number of hydrazine groups is 1. The van der Waals surface area contributed by atoms with Crippen LogP contribution in [0, 0.1) is 5.92 Å². The normalized spacial score (nSPS) is 23.4. The highest BCUT2D eigenvalue weighted by Crippen LogP contribution is 2.36. The van der Waals surface area contributed by atoms with Crippen LogP contribution in [0.3, 0.4) is 0 Å². The number of likely N-dealkylation sites (N-methyl/N-ethyl adjacent to an activating group) is 1. The molecule has 0 heterocycles. The van der Waals surface area contributed by atoms with Crippen LogP contribution in [-0.4, -0.2) is 30.6 Å². The van der Waals surface area contributed by atoms with E-state index in [-0.39, 0.29) is 5.54 Å². The number of hydrogen-bond acceptors (Lipinski definition) is 3. The maximum atomic E-state index is 5.80. The molecule has 0 aliphatic heterocycles. The van der Waals surface area contributed by atoms with E-state index in [4.69, 9.17) is 5.84 Å². The van der Waals surface area contributed by atoms with Crippen LogP contribution in [0.4, 0.5) is 0 Å². The van der Waals surface area contributed by atoms with Crippen LogP contribution in [0.15, 0.2) is 0 Å². The monoisotopic (exact) mass is 227 g/mol. The van der Waals surface area contributed by atoms with E-state index in [1.807, 2.05) is 0 Å². The number of nitrogens with zero attached hydrogens (tertiary/aromatic N) is 1. The van der Waals surface area contributed by atoms with Gasteiger partial charge in [0.05, 0.1) is 0 Å². The van der Waals surface area contributed by atoms with Gasteiger partial charge in [-0.15, -0.1) is 0 Å². The van der Waals surface area contributed by atoms with Crippen LogP contribution in [0.1, 0.15) is 52.4 Å². The lowest BCUT2D eigenvalue weighted by atomic mass is 9.77. The summed E-state index contributed by atoms with van der Waals surface area (Å²) in [5.74, 6) is 6.38. The van der Waals surface area contributed by atoms with E-state index in [1.54, 1.807) is 0 Å². The fourth-order valence-corrected chi connectivity index (χ4v) is 3.35. The van der Waals surface area contributed by atoms with Crippen molar-refractivity contribution in [1.29, 1.82) is 0 Å². The van der Waals surface area contributed by atoms with Gasteiger partial charge in [-0.3, -0.25) is 11.3 Å². The zero-order valence-corrected chi connectivity index (χ0v) is 11.4. The van der Waals surface area contributed by atoms with E-state index < -0.39 is 0 Å². The molecule has 1 aliphatic carbocycles. The molecule has 3 N–H and O–H groups in total. The molecule has 16 heavy (non-hydrogen) atoms. The van der Waals surface area contributed by atoms with Crippen molar-refractivity contribution in [3.8, 4) is 0 Å². The van der Waals surface area contributed by atoms with Gasteiger partial charge >= 0.3 is 0 Å². The summed E-state index contributed by atoms with van der Waals surface area (Å²) in [6.45, 7) is 4.53. The third-order valence-electron chi connectivity index (χ3n) is 4.29. The largest absolute Gasteiger partial charge is 0.302 e. The Kier molecular flexibility index (Phi) is 5.22. The lowest BCUT2D eigenvalue weighted by Gasteiger charge is -2.47. The molecule has 0 radical (unpaired) electrons. The van der Waals surface area contributed by atoms with Crippen LogP contribution in [0.5, 0.6) is 0 Å². The Morgan fingerprint density at radius 1 is 1.06 bits per heavy atom. The van der Waals surface area contributed by atoms with Gasteiger partial charge in [-0.25, -0.2) is 0 Å². The van der Waals surface area contributed by atoms with E-state index in [9.17, 15) is 0 Å². The van der Waals surface area contributed by atoms with Gasteiger partial charge in [-0.2, -0.15) is 0 Å². The molecule has 0 aromatic carbocycles. The van der Waals surface area contributed by atoms with Crippen molar-refractivity contribution in [2.45, 2.75) is 64.0 Å². The Hall–Kier alpha value is -0.120. The third kappa shape index (κ3) is 2.76. The van der Waals surface area contributed by atoms with Crippen molar-refractivity contribution in [3.63, 3.8) is 0 Å². The molecule has 96 valence electrons. The van der Waals surface area contributed by atoms with Gasteiger partial charge in [0, 0.05) is 11.6 Å². The smallest absolute Gasteiger partial charge is 0.0417 e. The zero-order chi connectivity index (χ0) is 12.2. The lowest BCUT2D eigenvalue weighted by molar-refractivity contribution is 0.0596. The molecule has 0 amide bonds. The van der Waals surface area contributed by atoms with Crippen molar-refractivity contribution in [2.75, 3.05) is 14.1 Å². The first-order valence-corrected chi connectivity index (χ1v) is 6.68. The second-order valence-electron chi connectivity index (χ2n) is 5.80. The fraction of sp³-hybridized carbons (Fsp3) is 1.00. The van der Waals surface area contributed by atoms with Gasteiger partial charge < -0.3 is 4.90 Å². The van der Waals surface area contributed by atoms with Crippen LogP contribution in [0.25, 0.3) is 0 Å². The Labute approximate surface area is 101 Å². The Morgan fingerprint density at radius 3 is 1.88 bits per heavy atom. The average Bonchev–Trinajstić information content (AvgIpc) is 2.45. The van der Waals surface area contributed by atoms with Crippen molar-refractivity contribution in [3.05, 3.63) is 0 Å². The standard InChI is InChI=1S/C13H29N3/c1-11(2)12(15-14)13(16(3)4)9-7-5-6-8-10-13/h11-12,15H,5-10,14H2,1-4H3. The van der Waals surface area contributed by atoms with Gasteiger partial charge in [0.25, 0.3) is 0 Å². The highest BCUT2D eigenvalue weighted by atomic mass is 15.3. The number of hydrogen-bond donors (Lipinski definition) is 2. The predicted octanol–water partition coefficient (Wildman–Crippen LogP) is 2.13. The Balaban J connectivity index is 2.92. The molecule has 3 heteroatoms. The van der Waals surface area contributed by atoms with Crippen molar-refractivity contribution >= 4 is 0 Å². The van der Waals surface area contributed by atoms with Crippen molar-refractivity contribution in [2.24, 2.45) is 11.8 Å². The first kappa shape index (κ1) is 13.9. The lowest BCUT2D eigenvalue weighted by Crippen LogP contribution is -2.62. The van der Waals surface area contributed by atoms with Crippen LogP contribution >= 0.6 is 0 Å². The second kappa shape index (κ2) is 5.99. The van der Waals surface area contributed by atoms with Gasteiger partial charge in [0.1, 0.15) is 0 Å². The maximum absolute atomic E-state index is 5.80. The fourth-order valence-electron chi connectivity index (χ4n) is 3.35. The molecule has 0 bridgehead atoms. The minimum Gasteiger partial charge on any atom is -0.302 e. The molecular formula is C13H29N3. The van der Waals surface area contributed by atoms with Crippen LogP contribution in [-0.2, 0) is 0 Å². The summed E-state index contributed by atoms with van der Waals surface area (Å²) in [5, 5.41) is 0. The molecule has 1 saturated carbocycles. The molecule has 3 nitrogen and oxygen atoms in total. The van der Waals surface area contributed by atoms with Gasteiger partial charge in [-0.05, 0) is 32.9 Å². The molecule has 0 spiro atoms. The van der Waals surface area contributed by atoms with Crippen molar-refractivity contribution < 1.29 is 0 Å². The Bertz CT molecular complexity index is 193. The Morgan fingerprint density at radius 2 is 1.56 bits per heavy atom. The van der Waals surface area contributed by atoms with E-state index in [2.05, 4.69) is 38.3 Å². The summed E-state index contributed by atoms with van der Waals surface area (Å²) in [6.07, 6.45) is 7.97. The molecule has 0 aromatic heterocycles. The number of rotatable bonds is 4. The molecule has 1 atom stereocenters. The molecule has 0 aromatic rings. The average molecular weight is 227 g/mol. The SMILES string of the molecule is CC(C)C(NN)C1(N(C)C)CCCCCC1. The third-order valence-corrected chi connectivity index (χ3v) is 4.29. The summed E-state index contributed by atoms with van der Waals surface area (Å²) < 4.78 is 0. The van der Waals surface area contributed by atoms with Gasteiger partial charge in [0.15, 0.2) is 0 Å². The topological polar surface area (TPSA) is 41.3 Å². The van der Waals surface area contributed by atoms with Crippen LogP contribution in [0.2, 0.25) is 0 Å². The van der Waals surface area contributed by atoms with E-state index in [0.717, 1.165) is 0 Å². The van der Waals surface area contributed by atoms with Crippen molar-refractivity contribution in [1.82, 2.24) is 10.3 Å². The molecule has 1 fully saturated rings. The molecule has 1 unspecified atom stereocenters. The van der Waals surface area contributed by atoms with Gasteiger partial charge in [-0.1, -0.05) is 39.5 Å². The highest BCUT2D eigenvalue weighted by Gasteiger charge is 2.41. The first-order chi connectivity index (χ1) is 7.54. The van der Waals surface area contributed by atoms with E-state index in [0.29, 0.717) is 12.0 Å². The second-order valence-corrected chi connectivity index (χ2v) is 5.80. The summed E-state index contributed by atoms with van der Waals surface area (Å²) >= 11 is 0. The summed E-state index contributed by atoms with van der Waals surface area (Å²) in [5.41, 5.74) is 3.33. The number of nitrogens with one attached hydrogen (secondary N) is 1. The minimum atomic E-state index is 0.249. The predicted molar refractivity (Wildman–Crippen MR) is 70.1 cm³/mol. The first-order valence-electron chi connectivity index (χ1n) is 6.68. The summed E-state index contributed by atoms with van der Waals surface area (Å²) in [6, 6.07) is 0.389. The maximum Gasteiger partial charge on any atom is 0.0417 e. The molecular weight excluding hydrogens is 198 g/mol. The summed E-state index contributed by atoms with van der Waals surface area (Å²) in [7, 11) is 4.41.